The van der Waals surface area contributed by atoms with Crippen molar-refractivity contribution in [1.82, 2.24) is 9.55 Å². The molecule has 5 nitrogen and oxygen atoms in total. The van der Waals surface area contributed by atoms with E-state index < -0.39 is 11.9 Å². The summed E-state index contributed by atoms with van der Waals surface area (Å²) in [6.07, 6.45) is 3.14. The Morgan fingerprint density at radius 3 is 2.84 bits per heavy atom. The Kier molecular flexibility index (Phi) is 4.30. The standard InChI is InChI=1S/C14H16N2O3/c1-11(14(17)18)13-7-15-9-16(13)10-19-8-12-5-3-2-4-6-12/h2-7,9,11H,8,10H2,1H3,(H,17,18). The third kappa shape index (κ3) is 3.42. The highest BCUT2D eigenvalue weighted by Gasteiger charge is 2.17. The van der Waals surface area contributed by atoms with Crippen molar-refractivity contribution in [2.24, 2.45) is 0 Å². The van der Waals surface area contributed by atoms with Crippen molar-refractivity contribution in [2.45, 2.75) is 26.2 Å². The lowest BCUT2D eigenvalue weighted by Crippen LogP contribution is -2.14. The molecule has 1 atom stereocenters. The van der Waals surface area contributed by atoms with Crippen molar-refractivity contribution in [2.75, 3.05) is 0 Å². The Morgan fingerprint density at radius 1 is 1.42 bits per heavy atom. The largest absolute Gasteiger partial charge is 0.481 e. The van der Waals surface area contributed by atoms with Crippen LogP contribution in [-0.4, -0.2) is 20.6 Å². The van der Waals surface area contributed by atoms with Gasteiger partial charge in [0.05, 0.1) is 24.5 Å². The van der Waals surface area contributed by atoms with Crippen LogP contribution in [0.1, 0.15) is 24.1 Å². The number of benzene rings is 1. The van der Waals surface area contributed by atoms with Crippen LogP contribution < -0.4 is 0 Å². The quantitative estimate of drug-likeness (QED) is 0.865. The van der Waals surface area contributed by atoms with Crippen molar-refractivity contribution >= 4 is 5.97 Å². The number of carboxylic acids is 1. The predicted molar refractivity (Wildman–Crippen MR) is 69.5 cm³/mol. The van der Waals surface area contributed by atoms with Gasteiger partial charge in [0, 0.05) is 6.20 Å². The molecule has 2 rings (SSSR count). The van der Waals surface area contributed by atoms with Crippen molar-refractivity contribution in [1.29, 1.82) is 0 Å². The van der Waals surface area contributed by atoms with E-state index >= 15 is 0 Å². The van der Waals surface area contributed by atoms with Crippen molar-refractivity contribution < 1.29 is 14.6 Å². The van der Waals surface area contributed by atoms with Gasteiger partial charge in [-0.3, -0.25) is 4.79 Å². The summed E-state index contributed by atoms with van der Waals surface area (Å²) < 4.78 is 7.27. The minimum atomic E-state index is -0.871. The molecule has 0 radical (unpaired) electrons. The molecule has 0 saturated heterocycles. The Labute approximate surface area is 111 Å². The van der Waals surface area contributed by atoms with Gasteiger partial charge in [-0.25, -0.2) is 4.98 Å². The topological polar surface area (TPSA) is 64.3 Å². The molecule has 0 amide bonds. The van der Waals surface area contributed by atoms with E-state index in [1.807, 2.05) is 30.3 Å². The molecule has 0 aliphatic rings. The van der Waals surface area contributed by atoms with Gasteiger partial charge < -0.3 is 14.4 Å². The zero-order valence-corrected chi connectivity index (χ0v) is 10.7. The molecule has 19 heavy (non-hydrogen) atoms. The monoisotopic (exact) mass is 260 g/mol. The Bertz CT molecular complexity index is 537. The first-order valence-corrected chi connectivity index (χ1v) is 6.03. The van der Waals surface area contributed by atoms with Crippen LogP contribution in [0.3, 0.4) is 0 Å². The molecule has 0 aliphatic carbocycles. The smallest absolute Gasteiger partial charge is 0.312 e. The number of ether oxygens (including phenoxy) is 1. The lowest BCUT2D eigenvalue weighted by molar-refractivity contribution is -0.138. The fourth-order valence-electron chi connectivity index (χ4n) is 1.76. The molecule has 100 valence electrons. The molecule has 5 heteroatoms. The Morgan fingerprint density at radius 2 is 2.16 bits per heavy atom. The first-order valence-electron chi connectivity index (χ1n) is 6.03. The number of hydrogen-bond donors (Lipinski definition) is 1. The van der Waals surface area contributed by atoms with E-state index in [4.69, 9.17) is 9.84 Å². The summed E-state index contributed by atoms with van der Waals surface area (Å²) in [5.41, 5.74) is 1.72. The Balaban J connectivity index is 1.93. The Hall–Kier alpha value is -2.14. The van der Waals surface area contributed by atoms with E-state index in [2.05, 4.69) is 4.98 Å². The maximum Gasteiger partial charge on any atom is 0.312 e. The van der Waals surface area contributed by atoms with Gasteiger partial charge in [0.25, 0.3) is 0 Å². The summed E-state index contributed by atoms with van der Waals surface area (Å²) in [4.78, 5) is 14.9. The third-order valence-electron chi connectivity index (χ3n) is 2.90. The van der Waals surface area contributed by atoms with Crippen molar-refractivity contribution in [3.8, 4) is 0 Å². The molecule has 1 aromatic carbocycles. The number of nitrogens with zero attached hydrogens (tertiary/aromatic N) is 2. The SMILES string of the molecule is CC(C(=O)O)c1cncn1COCc1ccccc1. The molecule has 1 N–H and O–H groups in total. The van der Waals surface area contributed by atoms with Gasteiger partial charge >= 0.3 is 5.97 Å². The van der Waals surface area contributed by atoms with Crippen molar-refractivity contribution in [3.05, 3.63) is 54.1 Å². The molecule has 2 aromatic rings. The van der Waals surface area contributed by atoms with Crippen molar-refractivity contribution in [3.63, 3.8) is 0 Å². The number of carboxylic acid groups (broad SMARTS) is 1. The first kappa shape index (κ1) is 13.3. The van der Waals surface area contributed by atoms with E-state index in [0.29, 0.717) is 19.0 Å². The highest BCUT2D eigenvalue weighted by atomic mass is 16.5. The number of hydrogen-bond acceptors (Lipinski definition) is 3. The lowest BCUT2D eigenvalue weighted by Gasteiger charge is -2.11. The van der Waals surface area contributed by atoms with Gasteiger partial charge in [0.2, 0.25) is 0 Å². The summed E-state index contributed by atoms with van der Waals surface area (Å²) in [5, 5.41) is 9.00. The number of imidazole rings is 1. The minimum Gasteiger partial charge on any atom is -0.481 e. The second-order valence-corrected chi connectivity index (χ2v) is 4.31. The van der Waals surface area contributed by atoms with Gasteiger partial charge in [-0.05, 0) is 12.5 Å². The molecule has 1 heterocycles. The zero-order valence-electron chi connectivity index (χ0n) is 10.7. The highest BCUT2D eigenvalue weighted by molar-refractivity contribution is 5.74. The first-order chi connectivity index (χ1) is 9.18. The average molecular weight is 260 g/mol. The van der Waals surface area contributed by atoms with Gasteiger partial charge in [-0.2, -0.15) is 0 Å². The van der Waals surface area contributed by atoms with Gasteiger partial charge in [0.15, 0.2) is 0 Å². The predicted octanol–water partition coefficient (Wildman–Crippen LogP) is 2.25. The molecule has 0 aliphatic heterocycles. The van der Waals surface area contributed by atoms with Crippen LogP contribution in [0, 0.1) is 0 Å². The van der Waals surface area contributed by atoms with E-state index in [1.165, 1.54) is 0 Å². The number of carbonyl (C=O) groups is 1. The minimum absolute atomic E-state index is 0.293. The number of aliphatic carboxylic acids is 1. The summed E-state index contributed by atoms with van der Waals surface area (Å²) in [6, 6.07) is 9.82. The van der Waals surface area contributed by atoms with Crippen LogP contribution in [0.15, 0.2) is 42.9 Å². The summed E-state index contributed by atoms with van der Waals surface area (Å²) >= 11 is 0. The maximum absolute atomic E-state index is 11.0. The number of rotatable bonds is 6. The van der Waals surface area contributed by atoms with E-state index in [1.54, 1.807) is 24.0 Å². The molecule has 1 unspecified atom stereocenters. The number of aromatic nitrogens is 2. The molecule has 0 saturated carbocycles. The van der Waals surface area contributed by atoms with Crippen LogP contribution in [0.25, 0.3) is 0 Å². The van der Waals surface area contributed by atoms with E-state index in [-0.39, 0.29) is 0 Å². The summed E-state index contributed by atoms with van der Waals surface area (Å²) in [5.74, 6) is -1.47. The molecular formula is C14H16N2O3. The van der Waals surface area contributed by atoms with Gasteiger partial charge in [-0.15, -0.1) is 0 Å². The zero-order chi connectivity index (χ0) is 13.7. The van der Waals surface area contributed by atoms with Gasteiger partial charge in [0.1, 0.15) is 6.73 Å². The van der Waals surface area contributed by atoms with Crippen LogP contribution in [0.4, 0.5) is 0 Å². The average Bonchev–Trinajstić information content (AvgIpc) is 2.87. The second kappa shape index (κ2) is 6.15. The van der Waals surface area contributed by atoms with E-state index in [9.17, 15) is 4.79 Å². The van der Waals surface area contributed by atoms with Crippen LogP contribution in [0.2, 0.25) is 0 Å². The fraction of sp³-hybridized carbons (Fsp3) is 0.286. The third-order valence-corrected chi connectivity index (χ3v) is 2.90. The van der Waals surface area contributed by atoms with Crippen LogP contribution >= 0.6 is 0 Å². The lowest BCUT2D eigenvalue weighted by atomic mass is 10.1. The van der Waals surface area contributed by atoms with Crippen LogP contribution in [0.5, 0.6) is 0 Å². The normalized spacial score (nSPS) is 12.3. The van der Waals surface area contributed by atoms with E-state index in [0.717, 1.165) is 5.56 Å². The highest BCUT2D eigenvalue weighted by Crippen LogP contribution is 2.15. The second-order valence-electron chi connectivity index (χ2n) is 4.31. The molecule has 0 bridgehead atoms. The molecular weight excluding hydrogens is 244 g/mol. The summed E-state index contributed by atoms with van der Waals surface area (Å²) in [6.45, 7) is 2.41. The molecule has 1 aromatic heterocycles. The maximum atomic E-state index is 11.0. The molecule has 0 fully saturated rings. The van der Waals surface area contributed by atoms with Gasteiger partial charge in [-0.1, -0.05) is 30.3 Å². The van der Waals surface area contributed by atoms with Crippen LogP contribution in [-0.2, 0) is 22.9 Å². The summed E-state index contributed by atoms with van der Waals surface area (Å²) in [7, 11) is 0. The molecule has 0 spiro atoms. The fourth-order valence-corrected chi connectivity index (χ4v) is 1.76.